The topological polar surface area (TPSA) is 41.6 Å². The number of rotatable bonds is 3. The van der Waals surface area contributed by atoms with Gasteiger partial charge < -0.3 is 10.1 Å². The molecule has 1 N–H and O–H groups in total. The van der Waals surface area contributed by atoms with Gasteiger partial charge in [0.1, 0.15) is 6.10 Å². The van der Waals surface area contributed by atoms with Crippen LogP contribution in [0.25, 0.3) is 11.1 Å². The molecule has 6 rings (SSSR count). The van der Waals surface area contributed by atoms with Gasteiger partial charge in [-0.2, -0.15) is 0 Å². The molecule has 0 spiro atoms. The molecule has 3 fully saturated rings. The smallest absolute Gasteiger partial charge is 0.407 e. The van der Waals surface area contributed by atoms with E-state index in [1.807, 2.05) is 24.3 Å². The molecule has 3 heterocycles. The van der Waals surface area contributed by atoms with Crippen molar-refractivity contribution in [3.8, 4) is 11.1 Å². The highest BCUT2D eigenvalue weighted by molar-refractivity contribution is 6.30. The minimum Gasteiger partial charge on any atom is -0.445 e. The fourth-order valence-corrected chi connectivity index (χ4v) is 5.26. The summed E-state index contributed by atoms with van der Waals surface area (Å²) < 4.78 is 5.86. The lowest BCUT2D eigenvalue weighted by molar-refractivity contribution is -0.0340. The van der Waals surface area contributed by atoms with Gasteiger partial charge in [-0.1, -0.05) is 35.9 Å². The Hall–Kier alpha value is -2.04. The van der Waals surface area contributed by atoms with E-state index in [9.17, 15) is 4.79 Å². The summed E-state index contributed by atoms with van der Waals surface area (Å²) in [7, 11) is 0. The highest BCUT2D eigenvalue weighted by Gasteiger charge is 2.37. The Morgan fingerprint density at radius 1 is 1.03 bits per heavy atom. The Bertz CT molecular complexity index is 890. The Morgan fingerprint density at radius 2 is 1.79 bits per heavy atom. The zero-order valence-electron chi connectivity index (χ0n) is 16.6. The van der Waals surface area contributed by atoms with Crippen LogP contribution in [-0.4, -0.2) is 36.7 Å². The van der Waals surface area contributed by atoms with Crippen LogP contribution in [0.15, 0.2) is 42.5 Å². The van der Waals surface area contributed by atoms with Crippen molar-refractivity contribution in [2.75, 3.05) is 19.6 Å². The largest absolute Gasteiger partial charge is 0.445 e. The summed E-state index contributed by atoms with van der Waals surface area (Å²) in [6, 6.07) is 14.5. The van der Waals surface area contributed by atoms with Gasteiger partial charge in [-0.15, -0.1) is 0 Å². The van der Waals surface area contributed by atoms with Gasteiger partial charge >= 0.3 is 6.09 Å². The molecule has 3 saturated heterocycles. The van der Waals surface area contributed by atoms with Crippen molar-refractivity contribution in [2.45, 2.75) is 44.2 Å². The lowest BCUT2D eigenvalue weighted by Crippen LogP contribution is -2.52. The number of halogens is 1. The zero-order chi connectivity index (χ0) is 19.8. The van der Waals surface area contributed by atoms with Crippen molar-refractivity contribution < 1.29 is 9.53 Å². The third-order valence-electron chi connectivity index (χ3n) is 6.78. The fraction of sp³-hybridized carbons (Fsp3) is 0.458. The van der Waals surface area contributed by atoms with E-state index in [-0.39, 0.29) is 18.2 Å². The van der Waals surface area contributed by atoms with Crippen molar-refractivity contribution in [1.29, 1.82) is 0 Å². The Balaban J connectivity index is 1.31. The predicted molar refractivity (Wildman–Crippen MR) is 115 cm³/mol. The van der Waals surface area contributed by atoms with Crippen molar-refractivity contribution in [1.82, 2.24) is 10.2 Å². The maximum atomic E-state index is 12.7. The highest BCUT2D eigenvalue weighted by atomic mass is 35.5. The molecule has 1 aliphatic carbocycles. The van der Waals surface area contributed by atoms with Crippen LogP contribution < -0.4 is 5.32 Å². The van der Waals surface area contributed by atoms with Crippen molar-refractivity contribution in [3.05, 3.63) is 58.6 Å². The monoisotopic (exact) mass is 410 g/mol. The van der Waals surface area contributed by atoms with Crippen LogP contribution in [0.2, 0.25) is 5.02 Å². The molecule has 3 aliphatic heterocycles. The summed E-state index contributed by atoms with van der Waals surface area (Å²) in [4.78, 5) is 15.1. The number of fused-ring (bicyclic) bond motifs is 4. The first-order chi connectivity index (χ1) is 14.2. The molecule has 1 amide bonds. The van der Waals surface area contributed by atoms with E-state index in [0.29, 0.717) is 5.92 Å². The number of nitrogens with zero attached hydrogens (tertiary/aromatic N) is 1. The molecule has 2 aromatic rings. The lowest BCUT2D eigenvalue weighted by atomic mass is 9.85. The number of ether oxygens (including phenoxy) is 1. The molecule has 4 aliphatic rings. The second kappa shape index (κ2) is 8.00. The number of piperidine rings is 3. The number of hydrogen-bond donors (Lipinski definition) is 1. The number of aryl methyl sites for hydroxylation is 1. The highest BCUT2D eigenvalue weighted by Crippen LogP contribution is 2.34. The van der Waals surface area contributed by atoms with Gasteiger partial charge in [-0.25, -0.2) is 4.79 Å². The summed E-state index contributed by atoms with van der Waals surface area (Å²) in [5.41, 5.74) is 4.83. The third-order valence-corrected chi connectivity index (χ3v) is 7.04. The summed E-state index contributed by atoms with van der Waals surface area (Å²) in [5, 5.41) is 3.91. The first-order valence-corrected chi connectivity index (χ1v) is 11.1. The summed E-state index contributed by atoms with van der Waals surface area (Å²) in [6.45, 7) is 3.19. The van der Waals surface area contributed by atoms with Crippen LogP contribution in [0.1, 0.15) is 42.9 Å². The van der Waals surface area contributed by atoms with Crippen LogP contribution in [0.5, 0.6) is 0 Å². The zero-order valence-corrected chi connectivity index (χ0v) is 17.3. The molecule has 2 atom stereocenters. The third kappa shape index (κ3) is 4.01. The molecule has 4 nitrogen and oxygen atoms in total. The standard InChI is InChI=1S/C24H27ClN2O2/c25-20-8-6-16(7-9-20)19-5-4-17-2-1-3-22(21(17)14-19)26-24(28)29-23-15-27-12-10-18(23)11-13-27/h4-9,14,18,22-23H,1-3,10-13,15H2,(H,26,28)/t22?,23-/m1/s1. The second-order valence-corrected chi connectivity index (χ2v) is 9.03. The molecule has 2 aromatic carbocycles. The van der Waals surface area contributed by atoms with Crippen LogP contribution in [0.4, 0.5) is 4.79 Å². The van der Waals surface area contributed by atoms with Gasteiger partial charge in [-0.3, -0.25) is 4.90 Å². The van der Waals surface area contributed by atoms with E-state index in [4.69, 9.17) is 16.3 Å². The quantitative estimate of drug-likeness (QED) is 0.755. The van der Waals surface area contributed by atoms with Gasteiger partial charge in [0.2, 0.25) is 0 Å². The number of carbonyl (C=O) groups is 1. The summed E-state index contributed by atoms with van der Waals surface area (Å²) in [5.74, 6) is 0.529. The maximum absolute atomic E-state index is 12.7. The molecule has 29 heavy (non-hydrogen) atoms. The van der Waals surface area contributed by atoms with Crippen molar-refractivity contribution in [3.63, 3.8) is 0 Å². The number of carbonyl (C=O) groups excluding carboxylic acids is 1. The summed E-state index contributed by atoms with van der Waals surface area (Å²) in [6.07, 6.45) is 5.16. The van der Waals surface area contributed by atoms with Crippen molar-refractivity contribution >= 4 is 17.7 Å². The van der Waals surface area contributed by atoms with E-state index in [2.05, 4.69) is 28.4 Å². The molecular weight excluding hydrogens is 384 g/mol. The van der Waals surface area contributed by atoms with Crippen LogP contribution in [0.3, 0.4) is 0 Å². The van der Waals surface area contributed by atoms with Crippen LogP contribution in [0, 0.1) is 5.92 Å². The Morgan fingerprint density at radius 3 is 2.52 bits per heavy atom. The number of nitrogens with one attached hydrogen (secondary N) is 1. The molecule has 5 heteroatoms. The van der Waals surface area contributed by atoms with E-state index in [0.717, 1.165) is 67.9 Å². The van der Waals surface area contributed by atoms with Crippen molar-refractivity contribution in [2.24, 2.45) is 5.92 Å². The lowest BCUT2D eigenvalue weighted by Gasteiger charge is -2.44. The molecule has 2 bridgehead atoms. The van der Waals surface area contributed by atoms with E-state index < -0.39 is 0 Å². The maximum Gasteiger partial charge on any atom is 0.407 e. The minimum atomic E-state index is -0.265. The normalized spacial score (nSPS) is 27.9. The Kier molecular flexibility index (Phi) is 5.23. The average Bonchev–Trinajstić information content (AvgIpc) is 2.75. The summed E-state index contributed by atoms with van der Waals surface area (Å²) >= 11 is 6.03. The first-order valence-electron chi connectivity index (χ1n) is 10.7. The number of alkyl carbamates (subject to hydrolysis) is 1. The average molecular weight is 411 g/mol. The fourth-order valence-electron chi connectivity index (χ4n) is 5.13. The van der Waals surface area contributed by atoms with Gasteiger partial charge in [-0.05, 0) is 91.6 Å². The van der Waals surface area contributed by atoms with Gasteiger partial charge in [0.15, 0.2) is 0 Å². The molecular formula is C24H27ClN2O2. The minimum absolute atomic E-state index is 0.0135. The van der Waals surface area contributed by atoms with Crippen LogP contribution in [-0.2, 0) is 11.2 Å². The molecule has 0 aromatic heterocycles. The van der Waals surface area contributed by atoms with Gasteiger partial charge in [0.05, 0.1) is 6.04 Å². The first kappa shape index (κ1) is 19.0. The second-order valence-electron chi connectivity index (χ2n) is 8.59. The van der Waals surface area contributed by atoms with E-state index >= 15 is 0 Å². The Labute approximate surface area is 177 Å². The predicted octanol–water partition coefficient (Wildman–Crippen LogP) is 5.20. The molecule has 1 unspecified atom stereocenters. The van der Waals surface area contributed by atoms with E-state index in [1.54, 1.807) is 0 Å². The molecule has 0 saturated carbocycles. The molecule has 152 valence electrons. The SMILES string of the molecule is O=C(NC1CCCc2ccc(-c3ccc(Cl)cc3)cc21)O[C@@H]1CN2CCC1CC2. The number of hydrogen-bond acceptors (Lipinski definition) is 3. The van der Waals surface area contributed by atoms with Gasteiger partial charge in [0.25, 0.3) is 0 Å². The molecule has 0 radical (unpaired) electrons. The number of amides is 1. The number of benzene rings is 2. The van der Waals surface area contributed by atoms with Crippen LogP contribution >= 0.6 is 11.6 Å². The van der Waals surface area contributed by atoms with E-state index in [1.165, 1.54) is 11.1 Å². The van der Waals surface area contributed by atoms with Gasteiger partial charge in [0, 0.05) is 11.6 Å².